The third kappa shape index (κ3) is 5.47. The van der Waals surface area contributed by atoms with E-state index in [4.69, 9.17) is 0 Å². The van der Waals surface area contributed by atoms with Crippen LogP contribution in [0.4, 0.5) is 4.79 Å². The molecule has 2 aliphatic carbocycles. The summed E-state index contributed by atoms with van der Waals surface area (Å²) in [5.74, 6) is 0. The van der Waals surface area contributed by atoms with Gasteiger partial charge < -0.3 is 20.6 Å². The van der Waals surface area contributed by atoms with Gasteiger partial charge in [-0.3, -0.25) is 0 Å². The Balaban J connectivity index is 1.49. The molecular formula is C16H31N3O2. The summed E-state index contributed by atoms with van der Waals surface area (Å²) >= 11 is 0. The molecule has 0 aromatic rings. The average molecular weight is 297 g/mol. The molecule has 0 spiro atoms. The van der Waals surface area contributed by atoms with E-state index in [-0.39, 0.29) is 18.1 Å². The molecule has 0 atom stereocenters. The van der Waals surface area contributed by atoms with E-state index in [0.29, 0.717) is 6.54 Å². The summed E-state index contributed by atoms with van der Waals surface area (Å²) in [5.41, 5.74) is -0.0153. The molecule has 0 aromatic carbocycles. The van der Waals surface area contributed by atoms with Gasteiger partial charge in [0.2, 0.25) is 0 Å². The number of carbonyl (C=O) groups excluding carboxylic acids is 1. The van der Waals surface area contributed by atoms with E-state index in [9.17, 15) is 9.90 Å². The van der Waals surface area contributed by atoms with Crippen LogP contribution in [-0.2, 0) is 0 Å². The molecule has 0 bridgehead atoms. The average Bonchev–Trinajstić information content (AvgIpc) is 3.31. The second-order valence-electron chi connectivity index (χ2n) is 6.89. The third-order valence-corrected chi connectivity index (χ3v) is 5.09. The molecule has 0 saturated heterocycles. The fourth-order valence-corrected chi connectivity index (χ4v) is 3.13. The van der Waals surface area contributed by atoms with Crippen LogP contribution >= 0.6 is 0 Å². The largest absolute Gasteiger partial charge is 0.396 e. The number of urea groups is 1. The van der Waals surface area contributed by atoms with Crippen LogP contribution in [0.2, 0.25) is 0 Å². The van der Waals surface area contributed by atoms with E-state index in [0.717, 1.165) is 38.4 Å². The number of nitrogens with one attached hydrogen (secondary N) is 2. The summed E-state index contributed by atoms with van der Waals surface area (Å²) in [6.45, 7) is 2.54. The number of carbonyl (C=O) groups is 1. The van der Waals surface area contributed by atoms with Crippen molar-refractivity contribution in [2.24, 2.45) is 5.41 Å². The highest BCUT2D eigenvalue weighted by Crippen LogP contribution is 2.44. The molecule has 0 aromatic heterocycles. The lowest BCUT2D eigenvalue weighted by Crippen LogP contribution is -2.41. The van der Waals surface area contributed by atoms with Crippen molar-refractivity contribution in [1.82, 2.24) is 15.5 Å². The second-order valence-corrected chi connectivity index (χ2v) is 6.89. The molecule has 0 aliphatic heterocycles. The van der Waals surface area contributed by atoms with Gasteiger partial charge in [-0.15, -0.1) is 0 Å². The fourth-order valence-electron chi connectivity index (χ4n) is 3.13. The smallest absolute Gasteiger partial charge is 0.314 e. The second kappa shape index (κ2) is 7.99. The number of aliphatic hydroxyl groups is 1. The fraction of sp³-hybridized carbons (Fsp3) is 0.938. The maximum absolute atomic E-state index is 11.7. The quantitative estimate of drug-likeness (QED) is 0.598. The minimum absolute atomic E-state index is 0.0153. The van der Waals surface area contributed by atoms with Crippen molar-refractivity contribution >= 4 is 6.03 Å². The van der Waals surface area contributed by atoms with Crippen LogP contribution < -0.4 is 10.6 Å². The first-order chi connectivity index (χ1) is 10.2. The molecule has 2 amide bonds. The highest BCUT2D eigenvalue weighted by atomic mass is 16.3. The number of nitrogens with zero attached hydrogens (tertiary/aromatic N) is 1. The van der Waals surface area contributed by atoms with Gasteiger partial charge in [-0.25, -0.2) is 4.79 Å². The molecule has 2 aliphatic rings. The van der Waals surface area contributed by atoms with Crippen molar-refractivity contribution in [3.05, 3.63) is 0 Å². The molecule has 2 rings (SSSR count). The highest BCUT2D eigenvalue weighted by molar-refractivity contribution is 5.73. The number of aliphatic hydroxyl groups excluding tert-OH is 1. The van der Waals surface area contributed by atoms with Gasteiger partial charge in [0.05, 0.1) is 6.61 Å². The van der Waals surface area contributed by atoms with Crippen molar-refractivity contribution < 1.29 is 9.90 Å². The zero-order valence-corrected chi connectivity index (χ0v) is 13.4. The van der Waals surface area contributed by atoms with Crippen LogP contribution in [0, 0.1) is 5.41 Å². The Labute approximate surface area is 128 Å². The molecule has 21 heavy (non-hydrogen) atoms. The predicted molar refractivity (Wildman–Crippen MR) is 84.3 cm³/mol. The molecule has 0 radical (unpaired) electrons. The van der Waals surface area contributed by atoms with E-state index in [1.165, 1.54) is 32.1 Å². The summed E-state index contributed by atoms with van der Waals surface area (Å²) in [6.07, 6.45) is 9.81. The van der Waals surface area contributed by atoms with Crippen molar-refractivity contribution in [2.45, 2.75) is 57.4 Å². The van der Waals surface area contributed by atoms with Crippen LogP contribution in [0.25, 0.3) is 0 Å². The van der Waals surface area contributed by atoms with E-state index < -0.39 is 0 Å². The Morgan fingerprint density at radius 1 is 1.24 bits per heavy atom. The van der Waals surface area contributed by atoms with Crippen molar-refractivity contribution in [2.75, 3.05) is 33.3 Å². The Kier molecular flexibility index (Phi) is 6.30. The standard InChI is InChI=1S/C16H31N3O2/c1-19(14-6-3-2-4-7-14)11-5-10-17-15(21)18-12-16(13-20)8-9-16/h14,20H,2-13H2,1H3,(H2,17,18,21). The molecule has 0 unspecified atom stereocenters. The predicted octanol–water partition coefficient (Wildman–Crippen LogP) is 1.71. The molecule has 122 valence electrons. The zero-order chi connectivity index (χ0) is 15.1. The van der Waals surface area contributed by atoms with Crippen LogP contribution in [0.3, 0.4) is 0 Å². The van der Waals surface area contributed by atoms with Crippen LogP contribution in [0.1, 0.15) is 51.4 Å². The SMILES string of the molecule is CN(CCCNC(=O)NCC1(CO)CC1)C1CCCCC1. The molecule has 2 saturated carbocycles. The Morgan fingerprint density at radius 2 is 1.95 bits per heavy atom. The normalized spacial score (nSPS) is 21.3. The maximum Gasteiger partial charge on any atom is 0.314 e. The summed E-state index contributed by atoms with van der Waals surface area (Å²) < 4.78 is 0. The number of amides is 2. The van der Waals surface area contributed by atoms with Gasteiger partial charge in [-0.2, -0.15) is 0 Å². The first kappa shape index (κ1) is 16.6. The van der Waals surface area contributed by atoms with Gasteiger partial charge in [0, 0.05) is 24.5 Å². The van der Waals surface area contributed by atoms with E-state index >= 15 is 0 Å². The number of hydrogen-bond donors (Lipinski definition) is 3. The van der Waals surface area contributed by atoms with Gasteiger partial charge >= 0.3 is 6.03 Å². The molecule has 5 nitrogen and oxygen atoms in total. The van der Waals surface area contributed by atoms with Gasteiger partial charge in [-0.05, 0) is 45.7 Å². The Morgan fingerprint density at radius 3 is 2.57 bits per heavy atom. The zero-order valence-electron chi connectivity index (χ0n) is 13.4. The molecule has 5 heteroatoms. The number of hydrogen-bond acceptors (Lipinski definition) is 3. The first-order valence-corrected chi connectivity index (χ1v) is 8.48. The van der Waals surface area contributed by atoms with Crippen LogP contribution in [-0.4, -0.2) is 55.4 Å². The van der Waals surface area contributed by atoms with Gasteiger partial charge in [-0.1, -0.05) is 19.3 Å². The summed E-state index contributed by atoms with van der Waals surface area (Å²) in [7, 11) is 2.20. The van der Waals surface area contributed by atoms with Crippen molar-refractivity contribution in [1.29, 1.82) is 0 Å². The minimum atomic E-state index is -0.102. The number of rotatable bonds is 8. The molecule has 0 heterocycles. The van der Waals surface area contributed by atoms with Gasteiger partial charge in [0.15, 0.2) is 0 Å². The van der Waals surface area contributed by atoms with Crippen LogP contribution in [0.5, 0.6) is 0 Å². The first-order valence-electron chi connectivity index (χ1n) is 8.48. The molecular weight excluding hydrogens is 266 g/mol. The monoisotopic (exact) mass is 297 g/mol. The topological polar surface area (TPSA) is 64.6 Å². The lowest BCUT2D eigenvalue weighted by atomic mass is 9.94. The Hall–Kier alpha value is -0.810. The molecule has 2 fully saturated rings. The van der Waals surface area contributed by atoms with Crippen LogP contribution in [0.15, 0.2) is 0 Å². The lowest BCUT2D eigenvalue weighted by Gasteiger charge is -2.31. The summed E-state index contributed by atoms with van der Waals surface area (Å²) in [4.78, 5) is 14.1. The van der Waals surface area contributed by atoms with Crippen molar-refractivity contribution in [3.8, 4) is 0 Å². The Bertz CT molecular complexity index is 325. The minimum Gasteiger partial charge on any atom is -0.396 e. The van der Waals surface area contributed by atoms with Crippen molar-refractivity contribution in [3.63, 3.8) is 0 Å². The molecule has 3 N–H and O–H groups in total. The van der Waals surface area contributed by atoms with Gasteiger partial charge in [0.25, 0.3) is 0 Å². The maximum atomic E-state index is 11.7. The third-order valence-electron chi connectivity index (χ3n) is 5.09. The van der Waals surface area contributed by atoms with E-state index in [2.05, 4.69) is 22.6 Å². The van der Waals surface area contributed by atoms with E-state index in [1.807, 2.05) is 0 Å². The summed E-state index contributed by atoms with van der Waals surface area (Å²) in [5, 5.41) is 15.0. The summed E-state index contributed by atoms with van der Waals surface area (Å²) in [6, 6.07) is 0.641. The van der Waals surface area contributed by atoms with E-state index in [1.54, 1.807) is 0 Å². The van der Waals surface area contributed by atoms with Gasteiger partial charge in [0.1, 0.15) is 0 Å². The lowest BCUT2D eigenvalue weighted by molar-refractivity contribution is 0.188. The highest BCUT2D eigenvalue weighted by Gasteiger charge is 2.42.